The second kappa shape index (κ2) is 5.23. The van der Waals surface area contributed by atoms with E-state index < -0.39 is 0 Å². The van der Waals surface area contributed by atoms with Crippen LogP contribution in [0.5, 0.6) is 0 Å². The van der Waals surface area contributed by atoms with Crippen LogP contribution in [0.1, 0.15) is 17.0 Å². The van der Waals surface area contributed by atoms with Gasteiger partial charge in [0.15, 0.2) is 0 Å². The fourth-order valence-corrected chi connectivity index (χ4v) is 3.02. The number of aromatic nitrogens is 2. The van der Waals surface area contributed by atoms with Gasteiger partial charge in [0.1, 0.15) is 5.82 Å². The van der Waals surface area contributed by atoms with Gasteiger partial charge in [-0.1, -0.05) is 34.1 Å². The molecule has 0 radical (unpaired) electrons. The van der Waals surface area contributed by atoms with Crippen LogP contribution >= 0.6 is 27.5 Å². The molecule has 4 heteroatoms. The minimum atomic E-state index is 0.389. The Balaban J connectivity index is 2.41. The van der Waals surface area contributed by atoms with E-state index >= 15 is 0 Å². The summed E-state index contributed by atoms with van der Waals surface area (Å²) >= 11 is 9.69. The Bertz CT molecular complexity index is 793. The molecule has 0 fully saturated rings. The summed E-state index contributed by atoms with van der Waals surface area (Å²) in [5.74, 6) is 1.26. The molecule has 0 amide bonds. The maximum absolute atomic E-state index is 6.10. The molecule has 0 unspecified atom stereocenters. The van der Waals surface area contributed by atoms with Gasteiger partial charge >= 0.3 is 0 Å². The van der Waals surface area contributed by atoms with E-state index in [9.17, 15) is 0 Å². The van der Waals surface area contributed by atoms with Gasteiger partial charge in [-0.25, -0.2) is 4.98 Å². The molecule has 0 saturated carbocycles. The van der Waals surface area contributed by atoms with E-state index in [1.54, 1.807) is 0 Å². The predicted molar refractivity (Wildman–Crippen MR) is 87.8 cm³/mol. The first-order valence-electron chi connectivity index (χ1n) is 6.42. The average Bonchev–Trinajstić information content (AvgIpc) is 2.82. The molecule has 1 aromatic heterocycles. The summed E-state index contributed by atoms with van der Waals surface area (Å²) < 4.78 is 3.24. The van der Waals surface area contributed by atoms with Crippen LogP contribution in [0.15, 0.2) is 40.9 Å². The van der Waals surface area contributed by atoms with Gasteiger partial charge in [0.25, 0.3) is 0 Å². The average molecular weight is 350 g/mol. The lowest BCUT2D eigenvalue weighted by Gasteiger charge is -2.12. The van der Waals surface area contributed by atoms with Gasteiger partial charge in [0.05, 0.1) is 22.6 Å². The highest BCUT2D eigenvalue weighted by molar-refractivity contribution is 9.10. The molecule has 3 rings (SSSR count). The fourth-order valence-electron chi connectivity index (χ4n) is 2.48. The Labute approximate surface area is 131 Å². The summed E-state index contributed by atoms with van der Waals surface area (Å²) in [5, 5.41) is 0. The van der Waals surface area contributed by atoms with Crippen LogP contribution in [-0.4, -0.2) is 9.55 Å². The van der Waals surface area contributed by atoms with Gasteiger partial charge in [-0.3, -0.25) is 4.57 Å². The van der Waals surface area contributed by atoms with Crippen molar-refractivity contribution in [3.8, 4) is 5.69 Å². The zero-order valence-electron chi connectivity index (χ0n) is 11.3. The van der Waals surface area contributed by atoms with Crippen molar-refractivity contribution in [2.45, 2.75) is 19.7 Å². The van der Waals surface area contributed by atoms with Crippen molar-refractivity contribution in [1.29, 1.82) is 0 Å². The van der Waals surface area contributed by atoms with Gasteiger partial charge in [-0.2, -0.15) is 0 Å². The van der Waals surface area contributed by atoms with Crippen molar-refractivity contribution < 1.29 is 0 Å². The van der Waals surface area contributed by atoms with Crippen molar-refractivity contribution in [2.24, 2.45) is 0 Å². The Hall–Kier alpha value is -1.32. The van der Waals surface area contributed by atoms with E-state index in [0.717, 1.165) is 27.0 Å². The lowest BCUT2D eigenvalue weighted by atomic mass is 10.1. The van der Waals surface area contributed by atoms with E-state index in [0.29, 0.717) is 5.88 Å². The Morgan fingerprint density at radius 3 is 2.65 bits per heavy atom. The summed E-state index contributed by atoms with van der Waals surface area (Å²) in [4.78, 5) is 4.69. The van der Waals surface area contributed by atoms with Crippen LogP contribution in [0.3, 0.4) is 0 Å². The van der Waals surface area contributed by atoms with Crippen LogP contribution in [0, 0.1) is 13.8 Å². The van der Waals surface area contributed by atoms with E-state index in [2.05, 4.69) is 58.6 Å². The van der Waals surface area contributed by atoms with E-state index in [-0.39, 0.29) is 0 Å². The van der Waals surface area contributed by atoms with Gasteiger partial charge in [0, 0.05) is 4.47 Å². The van der Waals surface area contributed by atoms with E-state index in [1.807, 2.05) is 12.1 Å². The largest absolute Gasteiger partial charge is 0.295 e. The Morgan fingerprint density at radius 1 is 1.15 bits per heavy atom. The van der Waals surface area contributed by atoms with Gasteiger partial charge in [-0.15, -0.1) is 11.6 Å². The third-order valence-corrected chi connectivity index (χ3v) is 4.65. The first-order chi connectivity index (χ1) is 9.63. The summed E-state index contributed by atoms with van der Waals surface area (Å²) in [6.45, 7) is 4.17. The molecule has 2 aromatic carbocycles. The second-order valence-corrected chi connectivity index (χ2v) is 5.95. The second-order valence-electron chi connectivity index (χ2n) is 4.82. The fraction of sp³-hybridized carbons (Fsp3) is 0.188. The van der Waals surface area contributed by atoms with Gasteiger partial charge in [-0.05, 0) is 43.2 Å². The molecule has 2 nitrogen and oxygen atoms in total. The van der Waals surface area contributed by atoms with E-state index in [1.165, 1.54) is 11.1 Å². The monoisotopic (exact) mass is 348 g/mol. The topological polar surface area (TPSA) is 17.8 Å². The number of alkyl halides is 1. The quantitative estimate of drug-likeness (QED) is 0.585. The molecule has 0 bridgehead atoms. The van der Waals surface area contributed by atoms with Crippen LogP contribution in [0.25, 0.3) is 16.7 Å². The molecule has 0 aliphatic carbocycles. The van der Waals surface area contributed by atoms with Crippen molar-refractivity contribution >= 4 is 38.6 Å². The summed E-state index contributed by atoms with van der Waals surface area (Å²) in [7, 11) is 0. The molecular weight excluding hydrogens is 336 g/mol. The van der Waals surface area contributed by atoms with E-state index in [4.69, 9.17) is 16.6 Å². The molecule has 0 aliphatic rings. The highest BCUT2D eigenvalue weighted by Gasteiger charge is 2.15. The number of imidazole rings is 1. The summed E-state index contributed by atoms with van der Waals surface area (Å²) in [6.07, 6.45) is 0. The standard InChI is InChI=1S/C16H14BrClN2/c1-10-5-3-8-14-16(10)19-15(9-18)20(14)13-7-4-6-12(17)11(13)2/h3-8H,9H2,1-2H3. The maximum atomic E-state index is 6.10. The number of aryl methyl sites for hydroxylation is 1. The SMILES string of the molecule is Cc1c(Br)cccc1-n1c(CCl)nc2c(C)cccc21. The van der Waals surface area contributed by atoms with Crippen LogP contribution in [0.4, 0.5) is 0 Å². The number of para-hydroxylation sites is 1. The Morgan fingerprint density at radius 2 is 1.90 bits per heavy atom. The number of hydrogen-bond donors (Lipinski definition) is 0. The normalized spacial score (nSPS) is 11.2. The molecular formula is C16H14BrClN2. The first-order valence-corrected chi connectivity index (χ1v) is 7.74. The lowest BCUT2D eigenvalue weighted by Crippen LogP contribution is -2.01. The molecule has 102 valence electrons. The molecule has 0 saturated heterocycles. The third kappa shape index (κ3) is 2.05. The van der Waals surface area contributed by atoms with Crippen LogP contribution in [0.2, 0.25) is 0 Å². The number of hydrogen-bond acceptors (Lipinski definition) is 1. The van der Waals surface area contributed by atoms with Crippen molar-refractivity contribution in [1.82, 2.24) is 9.55 Å². The zero-order chi connectivity index (χ0) is 14.3. The molecule has 0 N–H and O–H groups in total. The Kier molecular flexibility index (Phi) is 3.57. The number of rotatable bonds is 2. The number of nitrogens with zero attached hydrogens (tertiary/aromatic N) is 2. The zero-order valence-corrected chi connectivity index (χ0v) is 13.7. The van der Waals surface area contributed by atoms with Crippen LogP contribution in [-0.2, 0) is 5.88 Å². The molecule has 0 aliphatic heterocycles. The minimum absolute atomic E-state index is 0.389. The van der Waals surface area contributed by atoms with Gasteiger partial charge in [0.2, 0.25) is 0 Å². The highest BCUT2D eigenvalue weighted by atomic mass is 79.9. The number of fused-ring (bicyclic) bond motifs is 1. The van der Waals surface area contributed by atoms with Crippen LogP contribution < -0.4 is 0 Å². The van der Waals surface area contributed by atoms with Crippen molar-refractivity contribution in [3.63, 3.8) is 0 Å². The third-order valence-electron chi connectivity index (χ3n) is 3.56. The predicted octanol–water partition coefficient (Wildman–Crippen LogP) is 5.14. The van der Waals surface area contributed by atoms with Crippen molar-refractivity contribution in [2.75, 3.05) is 0 Å². The molecule has 0 atom stereocenters. The maximum Gasteiger partial charge on any atom is 0.129 e. The van der Waals surface area contributed by atoms with Gasteiger partial charge < -0.3 is 0 Å². The van der Waals surface area contributed by atoms with Crippen molar-refractivity contribution in [3.05, 3.63) is 57.8 Å². The number of benzene rings is 2. The highest BCUT2D eigenvalue weighted by Crippen LogP contribution is 2.29. The number of halogens is 2. The summed E-state index contributed by atoms with van der Waals surface area (Å²) in [5.41, 5.74) is 5.58. The molecule has 3 aromatic rings. The minimum Gasteiger partial charge on any atom is -0.295 e. The first kappa shape index (κ1) is 13.7. The smallest absolute Gasteiger partial charge is 0.129 e. The molecule has 20 heavy (non-hydrogen) atoms. The molecule has 0 spiro atoms. The summed E-state index contributed by atoms with van der Waals surface area (Å²) in [6, 6.07) is 12.4. The molecule has 1 heterocycles. The lowest BCUT2D eigenvalue weighted by molar-refractivity contribution is 0.970.